The SMILES string of the molecule is CC(=O)OC[C@@H]1S[C@H](n2cnc3c(N)nc(N)nc32)[C@H](F)[C@@H]1OCc1ccccc1. The molecule has 0 spiro atoms. The number of ether oxygens (including phenoxy) is 2. The Morgan fingerprint density at radius 2 is 2.03 bits per heavy atom. The summed E-state index contributed by atoms with van der Waals surface area (Å²) in [5, 5.41) is -1.11. The number of nitrogens with two attached hydrogens (primary N) is 2. The molecule has 0 unspecified atom stereocenters. The third-order valence-electron chi connectivity index (χ3n) is 4.74. The van der Waals surface area contributed by atoms with Gasteiger partial charge in [-0.15, -0.1) is 11.8 Å². The molecule has 1 fully saturated rings. The van der Waals surface area contributed by atoms with Gasteiger partial charge in [-0.05, 0) is 5.56 Å². The van der Waals surface area contributed by atoms with Crippen LogP contribution in [0.25, 0.3) is 11.2 Å². The molecular formula is C19H21FN6O3S. The lowest BCUT2D eigenvalue weighted by molar-refractivity contribution is -0.141. The first-order valence-electron chi connectivity index (χ1n) is 9.28. The fourth-order valence-electron chi connectivity index (χ4n) is 3.36. The van der Waals surface area contributed by atoms with Gasteiger partial charge >= 0.3 is 5.97 Å². The number of rotatable bonds is 6. The lowest BCUT2D eigenvalue weighted by Gasteiger charge is -2.21. The quantitative estimate of drug-likeness (QED) is 0.562. The molecule has 4 rings (SSSR count). The van der Waals surface area contributed by atoms with Gasteiger partial charge in [-0.3, -0.25) is 9.36 Å². The van der Waals surface area contributed by atoms with E-state index in [0.717, 1.165) is 5.56 Å². The summed E-state index contributed by atoms with van der Waals surface area (Å²) in [6.45, 7) is 1.58. The molecule has 158 valence electrons. The van der Waals surface area contributed by atoms with Crippen molar-refractivity contribution in [2.75, 3.05) is 18.1 Å². The molecule has 1 aliphatic rings. The zero-order chi connectivity index (χ0) is 21.3. The number of nitrogens with zero attached hydrogens (tertiary/aromatic N) is 4. The van der Waals surface area contributed by atoms with Gasteiger partial charge in [0.25, 0.3) is 0 Å². The van der Waals surface area contributed by atoms with Gasteiger partial charge in [0.2, 0.25) is 5.95 Å². The third-order valence-corrected chi connectivity index (χ3v) is 6.26. The predicted molar refractivity (Wildman–Crippen MR) is 111 cm³/mol. The van der Waals surface area contributed by atoms with E-state index in [1.54, 1.807) is 4.57 Å². The number of fused-ring (bicyclic) bond motifs is 1. The number of aromatic nitrogens is 4. The van der Waals surface area contributed by atoms with Crippen LogP contribution in [0, 0.1) is 0 Å². The number of hydrogen-bond acceptors (Lipinski definition) is 9. The van der Waals surface area contributed by atoms with Crippen molar-refractivity contribution < 1.29 is 18.7 Å². The van der Waals surface area contributed by atoms with Crippen LogP contribution < -0.4 is 11.5 Å². The van der Waals surface area contributed by atoms with Crippen LogP contribution in [0.5, 0.6) is 0 Å². The third kappa shape index (κ3) is 4.03. The summed E-state index contributed by atoms with van der Waals surface area (Å²) in [6, 6.07) is 9.48. The summed E-state index contributed by atoms with van der Waals surface area (Å²) in [4.78, 5) is 23.6. The molecule has 3 heterocycles. The number of carbonyl (C=O) groups excluding carboxylic acids is 1. The molecule has 4 atom stereocenters. The second-order valence-electron chi connectivity index (χ2n) is 6.86. The van der Waals surface area contributed by atoms with Gasteiger partial charge in [0.1, 0.15) is 23.6 Å². The Labute approximate surface area is 176 Å². The van der Waals surface area contributed by atoms with E-state index in [1.807, 2.05) is 30.3 Å². The Morgan fingerprint density at radius 3 is 2.77 bits per heavy atom. The zero-order valence-corrected chi connectivity index (χ0v) is 17.0. The molecule has 1 aliphatic heterocycles. The van der Waals surface area contributed by atoms with E-state index in [2.05, 4.69) is 15.0 Å². The van der Waals surface area contributed by atoms with Crippen LogP contribution in [0.2, 0.25) is 0 Å². The van der Waals surface area contributed by atoms with Crippen molar-refractivity contribution >= 4 is 40.7 Å². The number of alkyl halides is 1. The Morgan fingerprint density at radius 1 is 1.27 bits per heavy atom. The van der Waals surface area contributed by atoms with Gasteiger partial charge in [-0.2, -0.15) is 9.97 Å². The number of hydrogen-bond donors (Lipinski definition) is 2. The van der Waals surface area contributed by atoms with E-state index in [1.165, 1.54) is 25.0 Å². The molecule has 11 heteroatoms. The smallest absolute Gasteiger partial charge is 0.302 e. The molecule has 0 amide bonds. The minimum atomic E-state index is -1.41. The first-order chi connectivity index (χ1) is 14.4. The number of thioether (sulfide) groups is 1. The van der Waals surface area contributed by atoms with E-state index in [4.69, 9.17) is 20.9 Å². The van der Waals surface area contributed by atoms with E-state index < -0.39 is 28.9 Å². The highest BCUT2D eigenvalue weighted by Crippen LogP contribution is 2.46. The van der Waals surface area contributed by atoms with Crippen LogP contribution in [-0.4, -0.2) is 49.6 Å². The second kappa shape index (κ2) is 8.44. The Balaban J connectivity index is 1.60. The van der Waals surface area contributed by atoms with E-state index >= 15 is 4.39 Å². The highest BCUT2D eigenvalue weighted by atomic mass is 32.2. The number of imidazole rings is 1. The summed E-state index contributed by atoms with van der Waals surface area (Å²) in [6.07, 6.45) is -0.746. The molecule has 1 aromatic carbocycles. The minimum absolute atomic E-state index is 0.0199. The monoisotopic (exact) mass is 432 g/mol. The van der Waals surface area contributed by atoms with Crippen LogP contribution in [-0.2, 0) is 20.9 Å². The van der Waals surface area contributed by atoms with E-state index in [-0.39, 0.29) is 25.0 Å². The highest BCUT2D eigenvalue weighted by Gasteiger charge is 2.47. The van der Waals surface area contributed by atoms with Crippen molar-refractivity contribution in [3.8, 4) is 0 Å². The molecule has 2 aromatic heterocycles. The van der Waals surface area contributed by atoms with Crippen molar-refractivity contribution in [3.63, 3.8) is 0 Å². The average Bonchev–Trinajstić information content (AvgIpc) is 3.26. The Kier molecular flexibility index (Phi) is 5.73. The Hall–Kier alpha value is -2.92. The molecule has 0 aliphatic carbocycles. The standard InChI is InChI=1S/C19H21FN6O3S/c1-10(27)28-8-12-15(29-7-11-5-3-2-4-6-11)13(20)18(30-12)26-9-23-14-16(21)24-19(22)25-17(14)26/h2-6,9,12-13,15,18H,7-8H2,1H3,(H4,21,22,24,25)/t12-,13+,15+,18-/m0/s1. The maximum atomic E-state index is 15.6. The minimum Gasteiger partial charge on any atom is -0.465 e. The number of nitrogen functional groups attached to an aromatic ring is 2. The Bertz CT molecular complexity index is 1050. The van der Waals surface area contributed by atoms with Gasteiger partial charge in [0, 0.05) is 6.92 Å². The molecule has 0 saturated carbocycles. The summed E-state index contributed by atoms with van der Waals surface area (Å²) in [5.41, 5.74) is 13.2. The fourth-order valence-corrected chi connectivity index (χ4v) is 4.84. The summed E-state index contributed by atoms with van der Waals surface area (Å²) < 4.78 is 28.2. The summed E-state index contributed by atoms with van der Waals surface area (Å²) in [7, 11) is 0. The van der Waals surface area contributed by atoms with Crippen molar-refractivity contribution in [3.05, 3.63) is 42.2 Å². The van der Waals surface area contributed by atoms with Gasteiger partial charge in [0.15, 0.2) is 17.6 Å². The number of benzene rings is 1. The zero-order valence-electron chi connectivity index (χ0n) is 16.1. The molecular weight excluding hydrogens is 411 g/mol. The largest absolute Gasteiger partial charge is 0.465 e. The molecule has 0 bridgehead atoms. The normalized spacial score (nSPS) is 23.7. The van der Waals surface area contributed by atoms with Gasteiger partial charge in [-0.25, -0.2) is 9.37 Å². The molecule has 0 radical (unpaired) electrons. The molecule has 3 aromatic rings. The van der Waals surface area contributed by atoms with Crippen molar-refractivity contribution in [2.45, 2.75) is 36.4 Å². The summed E-state index contributed by atoms with van der Waals surface area (Å²) >= 11 is 1.29. The van der Waals surface area contributed by atoms with Gasteiger partial charge in [-0.1, -0.05) is 30.3 Å². The lowest BCUT2D eigenvalue weighted by atomic mass is 10.1. The van der Waals surface area contributed by atoms with Gasteiger partial charge < -0.3 is 20.9 Å². The molecule has 30 heavy (non-hydrogen) atoms. The van der Waals surface area contributed by atoms with Crippen LogP contribution in [0.1, 0.15) is 17.9 Å². The first-order valence-corrected chi connectivity index (χ1v) is 10.2. The maximum Gasteiger partial charge on any atom is 0.302 e. The van der Waals surface area contributed by atoms with Gasteiger partial charge in [0.05, 0.1) is 18.2 Å². The maximum absolute atomic E-state index is 15.6. The number of anilines is 2. The van der Waals surface area contributed by atoms with Crippen LogP contribution in [0.4, 0.5) is 16.2 Å². The van der Waals surface area contributed by atoms with Crippen molar-refractivity contribution in [1.82, 2.24) is 19.5 Å². The number of carbonyl (C=O) groups is 1. The molecule has 1 saturated heterocycles. The summed E-state index contributed by atoms with van der Waals surface area (Å²) in [5.74, 6) is -0.325. The van der Waals surface area contributed by atoms with Crippen LogP contribution in [0.3, 0.4) is 0 Å². The van der Waals surface area contributed by atoms with E-state index in [9.17, 15) is 4.79 Å². The highest BCUT2D eigenvalue weighted by molar-refractivity contribution is 8.00. The van der Waals surface area contributed by atoms with E-state index in [0.29, 0.717) is 11.2 Å². The van der Waals surface area contributed by atoms with Crippen LogP contribution in [0.15, 0.2) is 36.7 Å². The van der Waals surface area contributed by atoms with Crippen LogP contribution >= 0.6 is 11.8 Å². The first kappa shape index (κ1) is 20.4. The molecule has 4 N–H and O–H groups in total. The molecule has 9 nitrogen and oxygen atoms in total. The second-order valence-corrected chi connectivity index (χ2v) is 8.23. The lowest BCUT2D eigenvalue weighted by Crippen LogP contribution is -2.34. The fraction of sp³-hybridized carbons (Fsp3) is 0.368. The average molecular weight is 432 g/mol. The van der Waals surface area contributed by atoms with Crippen molar-refractivity contribution in [2.24, 2.45) is 0 Å². The number of halogens is 1. The van der Waals surface area contributed by atoms with Crippen molar-refractivity contribution in [1.29, 1.82) is 0 Å². The number of esters is 1. The topological polar surface area (TPSA) is 131 Å². The predicted octanol–water partition coefficient (Wildman–Crippen LogP) is 2.09.